The number of rotatable bonds is 8. The van der Waals surface area contributed by atoms with Gasteiger partial charge >= 0.3 is 5.97 Å². The minimum Gasteiger partial charge on any atom is -0.481 e. The summed E-state index contributed by atoms with van der Waals surface area (Å²) >= 11 is 7.93. The van der Waals surface area contributed by atoms with Gasteiger partial charge in [0, 0.05) is 11.3 Å². The van der Waals surface area contributed by atoms with Gasteiger partial charge in [0.1, 0.15) is 6.04 Å². The number of halogens is 1. The highest BCUT2D eigenvalue weighted by Gasteiger charge is 2.78. The molecule has 7 nitrogen and oxygen atoms in total. The largest absolute Gasteiger partial charge is 0.481 e. The van der Waals surface area contributed by atoms with Crippen molar-refractivity contribution in [1.29, 1.82) is 0 Å². The molecule has 1 aromatic carbocycles. The highest BCUT2D eigenvalue weighted by molar-refractivity contribution is 8.02. The van der Waals surface area contributed by atoms with Crippen LogP contribution in [0, 0.1) is 17.8 Å². The first-order chi connectivity index (χ1) is 16.0. The molecule has 0 radical (unpaired) electrons. The van der Waals surface area contributed by atoms with Crippen molar-refractivity contribution in [3.8, 4) is 0 Å². The summed E-state index contributed by atoms with van der Waals surface area (Å²) in [6.07, 6.45) is 2.76. The van der Waals surface area contributed by atoms with Crippen molar-refractivity contribution < 1.29 is 24.6 Å². The monoisotopic (exact) mass is 506 g/mol. The zero-order valence-corrected chi connectivity index (χ0v) is 21.2. The van der Waals surface area contributed by atoms with E-state index >= 15 is 0 Å². The number of anilines is 1. The zero-order valence-electron chi connectivity index (χ0n) is 19.6. The van der Waals surface area contributed by atoms with Crippen LogP contribution in [0.25, 0.3) is 0 Å². The highest BCUT2D eigenvalue weighted by Crippen LogP contribution is 2.71. The quantitative estimate of drug-likeness (QED) is 0.524. The molecule has 3 aliphatic heterocycles. The van der Waals surface area contributed by atoms with Gasteiger partial charge in [-0.3, -0.25) is 14.4 Å². The topological polar surface area (TPSA) is 98.2 Å². The first-order valence-corrected chi connectivity index (χ1v) is 12.8. The number of thioether (sulfide) groups is 1. The molecule has 9 heteroatoms. The molecule has 3 fully saturated rings. The molecule has 2 N–H and O–H groups in total. The molecule has 2 amide bonds. The number of hydrogen-bond acceptors (Lipinski definition) is 5. The number of fused-ring (bicyclic) bond motifs is 1. The van der Waals surface area contributed by atoms with Gasteiger partial charge in [-0.15, -0.1) is 18.3 Å². The normalized spacial score (nSPS) is 32.7. The Labute approximate surface area is 209 Å². The van der Waals surface area contributed by atoms with E-state index in [-0.39, 0.29) is 30.9 Å². The van der Waals surface area contributed by atoms with Crippen molar-refractivity contribution >= 4 is 46.8 Å². The Bertz CT molecular complexity index is 1030. The van der Waals surface area contributed by atoms with Crippen LogP contribution >= 0.6 is 23.4 Å². The summed E-state index contributed by atoms with van der Waals surface area (Å²) in [5, 5.41) is 20.8. The number of carboxylic acids is 1. The lowest BCUT2D eigenvalue weighted by molar-refractivity contribution is -0.151. The van der Waals surface area contributed by atoms with Gasteiger partial charge in [-0.05, 0) is 37.8 Å². The number of nitrogens with zero attached hydrogens (tertiary/aromatic N) is 2. The lowest BCUT2D eigenvalue weighted by Crippen LogP contribution is -2.58. The number of aliphatic carboxylic acids is 1. The number of hydrogen-bond donors (Lipinski definition) is 2. The summed E-state index contributed by atoms with van der Waals surface area (Å²) in [7, 11) is 0. The van der Waals surface area contributed by atoms with Crippen LogP contribution < -0.4 is 4.90 Å². The standard InChI is InChI=1S/C25H31ClN2O5S/c1-5-12-27(16-9-7-6-8-15(16)26)22(31)20-25-11-10-24(4,34-25)19(23(32)33)18(25)21(30)28(20)17(13-29)14(2)3/h5-9,14,17-20,29H,1,10-13H2,2-4H3,(H,32,33)/t17-,18-,19-,20?,24+,25?/m0/s1. The lowest BCUT2D eigenvalue weighted by atomic mass is 9.66. The maximum atomic E-state index is 14.4. The summed E-state index contributed by atoms with van der Waals surface area (Å²) in [5.74, 6) is -3.54. The number of carbonyl (C=O) groups is 3. The predicted molar refractivity (Wildman–Crippen MR) is 133 cm³/mol. The van der Waals surface area contributed by atoms with Gasteiger partial charge in [-0.2, -0.15) is 0 Å². The Morgan fingerprint density at radius 3 is 2.59 bits per heavy atom. The number of aliphatic hydroxyl groups excluding tert-OH is 1. The van der Waals surface area contributed by atoms with E-state index in [1.807, 2.05) is 20.8 Å². The summed E-state index contributed by atoms with van der Waals surface area (Å²) in [5.41, 5.74) is 0.505. The molecule has 3 heterocycles. The van der Waals surface area contributed by atoms with Gasteiger partial charge in [0.25, 0.3) is 5.91 Å². The third-order valence-electron chi connectivity index (χ3n) is 7.75. The van der Waals surface area contributed by atoms with Crippen LogP contribution in [0.2, 0.25) is 5.02 Å². The molecule has 3 saturated heterocycles. The molecule has 4 rings (SSSR count). The Balaban J connectivity index is 1.89. The zero-order chi connectivity index (χ0) is 25.0. The average molecular weight is 507 g/mol. The molecule has 2 bridgehead atoms. The number of benzene rings is 1. The maximum Gasteiger partial charge on any atom is 0.308 e. The molecule has 2 unspecified atom stereocenters. The van der Waals surface area contributed by atoms with Crippen molar-refractivity contribution in [2.24, 2.45) is 17.8 Å². The van der Waals surface area contributed by atoms with Crippen LogP contribution in [0.3, 0.4) is 0 Å². The Kier molecular flexibility index (Phi) is 6.55. The average Bonchev–Trinajstić information content (AvgIpc) is 3.34. The van der Waals surface area contributed by atoms with E-state index in [2.05, 4.69) is 6.58 Å². The number of amides is 2. The maximum absolute atomic E-state index is 14.4. The summed E-state index contributed by atoms with van der Waals surface area (Å²) < 4.78 is -1.51. The van der Waals surface area contributed by atoms with Crippen LogP contribution in [0.1, 0.15) is 33.6 Å². The van der Waals surface area contributed by atoms with Crippen molar-refractivity contribution in [3.05, 3.63) is 41.9 Å². The molecule has 184 valence electrons. The number of carbonyl (C=O) groups excluding carboxylic acids is 2. The number of aliphatic hydroxyl groups is 1. The van der Waals surface area contributed by atoms with Crippen LogP contribution in [0.4, 0.5) is 5.69 Å². The fraction of sp³-hybridized carbons (Fsp3) is 0.560. The van der Waals surface area contributed by atoms with Crippen molar-refractivity contribution in [2.45, 2.75) is 55.2 Å². The molecular formula is C25H31ClN2O5S. The summed E-state index contributed by atoms with van der Waals surface area (Å²) in [6.45, 7) is 9.32. The first kappa shape index (κ1) is 25.1. The molecule has 1 spiro atoms. The second-order valence-electron chi connectivity index (χ2n) is 9.99. The SMILES string of the molecule is C=CCN(C(=O)C1N([C@@H](CO)C(C)C)C(=O)[C@@H]2[C@@H](C(=O)O)[C@@]3(C)CCC12S3)c1ccccc1Cl. The van der Waals surface area contributed by atoms with Crippen LogP contribution in [0.15, 0.2) is 36.9 Å². The Morgan fingerprint density at radius 1 is 1.35 bits per heavy atom. The third kappa shape index (κ3) is 3.48. The second kappa shape index (κ2) is 8.88. The first-order valence-electron chi connectivity index (χ1n) is 11.6. The van der Waals surface area contributed by atoms with E-state index in [9.17, 15) is 24.6 Å². The van der Waals surface area contributed by atoms with Crippen molar-refractivity contribution in [2.75, 3.05) is 18.1 Å². The van der Waals surface area contributed by atoms with Crippen LogP contribution in [0.5, 0.6) is 0 Å². The summed E-state index contributed by atoms with van der Waals surface area (Å²) in [4.78, 5) is 43.7. The Hall–Kier alpha value is -2.03. The van der Waals surface area contributed by atoms with Crippen LogP contribution in [-0.4, -0.2) is 67.6 Å². The van der Waals surface area contributed by atoms with Gasteiger partial charge in [0.2, 0.25) is 5.91 Å². The van der Waals surface area contributed by atoms with Gasteiger partial charge < -0.3 is 20.0 Å². The van der Waals surface area contributed by atoms with E-state index in [0.29, 0.717) is 23.6 Å². The molecular weight excluding hydrogens is 476 g/mol. The van der Waals surface area contributed by atoms with Crippen molar-refractivity contribution in [1.82, 2.24) is 4.90 Å². The van der Waals surface area contributed by atoms with Gasteiger partial charge in [0.05, 0.1) is 39.9 Å². The summed E-state index contributed by atoms with van der Waals surface area (Å²) in [6, 6.07) is 5.46. The minimum absolute atomic E-state index is 0.131. The van der Waals surface area contributed by atoms with E-state index < -0.39 is 39.4 Å². The molecule has 3 aliphatic rings. The third-order valence-corrected chi connectivity index (χ3v) is 10.1. The van der Waals surface area contributed by atoms with Crippen LogP contribution in [-0.2, 0) is 14.4 Å². The number of likely N-dealkylation sites (tertiary alicyclic amines) is 1. The smallest absolute Gasteiger partial charge is 0.308 e. The van der Waals surface area contributed by atoms with Gasteiger partial charge in [-0.25, -0.2) is 0 Å². The highest BCUT2D eigenvalue weighted by atomic mass is 35.5. The molecule has 1 aromatic rings. The van der Waals surface area contributed by atoms with Crippen molar-refractivity contribution in [3.63, 3.8) is 0 Å². The molecule has 0 saturated carbocycles. The number of para-hydroxylation sites is 1. The predicted octanol–water partition coefficient (Wildman–Crippen LogP) is 3.44. The molecule has 6 atom stereocenters. The Morgan fingerprint density at radius 2 is 2.03 bits per heavy atom. The fourth-order valence-corrected chi connectivity index (χ4v) is 8.82. The second-order valence-corrected chi connectivity index (χ2v) is 12.3. The minimum atomic E-state index is -1.01. The lowest BCUT2D eigenvalue weighted by Gasteiger charge is -2.40. The van der Waals surface area contributed by atoms with E-state index in [4.69, 9.17) is 11.6 Å². The van der Waals surface area contributed by atoms with Gasteiger partial charge in [0.15, 0.2) is 0 Å². The molecule has 34 heavy (non-hydrogen) atoms. The van der Waals surface area contributed by atoms with E-state index in [0.717, 1.165) is 0 Å². The van der Waals surface area contributed by atoms with E-state index in [1.165, 1.54) is 21.6 Å². The number of carboxylic acid groups (broad SMARTS) is 1. The van der Waals surface area contributed by atoms with E-state index in [1.54, 1.807) is 30.3 Å². The molecule has 0 aromatic heterocycles. The molecule has 0 aliphatic carbocycles. The fourth-order valence-electron chi connectivity index (χ4n) is 6.25. The van der Waals surface area contributed by atoms with Gasteiger partial charge in [-0.1, -0.05) is 43.7 Å².